The van der Waals surface area contributed by atoms with Crippen molar-refractivity contribution in [3.05, 3.63) is 11.8 Å². The third-order valence-corrected chi connectivity index (χ3v) is 8.07. The Morgan fingerprint density at radius 1 is 1.09 bits per heavy atom. The van der Waals surface area contributed by atoms with E-state index in [2.05, 4.69) is 20.3 Å². The lowest BCUT2D eigenvalue weighted by Gasteiger charge is -2.68. The van der Waals surface area contributed by atoms with Crippen LogP contribution in [0.1, 0.15) is 56.2 Å². The van der Waals surface area contributed by atoms with Crippen molar-refractivity contribution < 1.29 is 45.0 Å². The molecule has 8 nitrogen and oxygen atoms in total. The Morgan fingerprint density at radius 3 is 2.43 bits per heavy atom. The van der Waals surface area contributed by atoms with E-state index in [9.17, 15) is 31.1 Å². The lowest BCUT2D eigenvalue weighted by Crippen LogP contribution is -2.77. The summed E-state index contributed by atoms with van der Waals surface area (Å²) in [4.78, 5) is 14.1. The van der Waals surface area contributed by atoms with Gasteiger partial charge in [-0.25, -0.2) is 0 Å². The van der Waals surface area contributed by atoms with Crippen molar-refractivity contribution in [3.63, 3.8) is 0 Å². The lowest BCUT2D eigenvalue weighted by atomic mass is 9.39. The fraction of sp³-hybridized carbons (Fsp3) is 0.857. The zero-order valence-electron chi connectivity index (χ0n) is 18.5. The quantitative estimate of drug-likeness (QED) is 0.589. The number of hydrogen-bond donors (Lipinski definition) is 1. The van der Waals surface area contributed by atoms with Crippen LogP contribution >= 0.6 is 0 Å². The number of nitrogens with one attached hydrogen (secondary N) is 1. The summed E-state index contributed by atoms with van der Waals surface area (Å²) in [6.07, 6.45) is -8.22. The predicted octanol–water partition coefficient (Wildman–Crippen LogP) is 2.79. The number of carbonyl (C=O) groups excluding carboxylic acids is 1. The Labute approximate surface area is 195 Å². The molecule has 0 aromatic carbocycles. The molecule has 1 N–H and O–H groups in total. The minimum Gasteiger partial charge on any atom is -0.424 e. The molecule has 1 amide bonds. The second-order valence-electron chi connectivity index (χ2n) is 10.8. The second-order valence-corrected chi connectivity index (χ2v) is 10.8. The van der Waals surface area contributed by atoms with Gasteiger partial charge >= 0.3 is 12.5 Å². The van der Waals surface area contributed by atoms with E-state index >= 15 is 0 Å². The van der Waals surface area contributed by atoms with Crippen LogP contribution in [0, 0.1) is 5.92 Å². The number of hydrogen-bond acceptors (Lipinski definition) is 7. The molecule has 0 spiro atoms. The summed E-state index contributed by atoms with van der Waals surface area (Å²) in [5.74, 6) is 0.175. The number of carbonyl (C=O) groups is 1. The van der Waals surface area contributed by atoms with Crippen molar-refractivity contribution in [3.8, 4) is 0 Å². The third-order valence-electron chi connectivity index (χ3n) is 8.07. The van der Waals surface area contributed by atoms with E-state index < -0.39 is 31.3 Å². The number of alkyl halides is 6. The molecule has 2 bridgehead atoms. The summed E-state index contributed by atoms with van der Waals surface area (Å²) in [6, 6.07) is 0. The summed E-state index contributed by atoms with van der Waals surface area (Å²) < 4.78 is 90.2. The predicted molar refractivity (Wildman–Crippen MR) is 103 cm³/mol. The molecule has 3 heterocycles. The van der Waals surface area contributed by atoms with Crippen LogP contribution in [0.25, 0.3) is 0 Å². The van der Waals surface area contributed by atoms with E-state index in [4.69, 9.17) is 9.15 Å². The number of amides is 1. The van der Waals surface area contributed by atoms with E-state index in [-0.39, 0.29) is 60.7 Å². The highest BCUT2D eigenvalue weighted by Crippen LogP contribution is 2.67. The fourth-order valence-electron chi connectivity index (χ4n) is 6.56. The van der Waals surface area contributed by atoms with Crippen LogP contribution in [0.2, 0.25) is 0 Å². The van der Waals surface area contributed by atoms with Gasteiger partial charge in [-0.2, -0.15) is 13.2 Å². The Balaban J connectivity index is 0.962. The van der Waals surface area contributed by atoms with E-state index in [1.807, 2.05) is 0 Å². The number of ether oxygens (including phenoxy) is 2. The van der Waals surface area contributed by atoms with Gasteiger partial charge in [0.15, 0.2) is 0 Å². The van der Waals surface area contributed by atoms with Gasteiger partial charge in [-0.3, -0.25) is 14.4 Å². The fourth-order valence-corrected chi connectivity index (χ4v) is 6.56. The maximum atomic E-state index is 12.8. The largest absolute Gasteiger partial charge is 0.522 e. The number of likely N-dealkylation sites (tertiary alicyclic amines) is 1. The van der Waals surface area contributed by atoms with Gasteiger partial charge in [0.05, 0.1) is 24.2 Å². The van der Waals surface area contributed by atoms with Gasteiger partial charge in [-0.05, 0) is 38.5 Å². The van der Waals surface area contributed by atoms with Crippen molar-refractivity contribution >= 4 is 5.91 Å². The number of halogens is 6. The van der Waals surface area contributed by atoms with Gasteiger partial charge in [0.2, 0.25) is 17.7 Å². The van der Waals surface area contributed by atoms with Gasteiger partial charge in [0.1, 0.15) is 6.10 Å². The molecule has 0 radical (unpaired) electrons. The summed E-state index contributed by atoms with van der Waals surface area (Å²) in [6.45, 7) is -0.525. The first kappa shape index (κ1) is 23.5. The topological polar surface area (TPSA) is 89.7 Å². The van der Waals surface area contributed by atoms with Crippen molar-refractivity contribution in [2.45, 2.75) is 86.2 Å². The molecule has 7 rings (SSSR count). The zero-order chi connectivity index (χ0) is 24.8. The molecule has 14 heteroatoms. The molecular weight excluding hydrogens is 486 g/mol. The molecule has 0 unspecified atom stereocenters. The Kier molecular flexibility index (Phi) is 5.06. The molecule has 4 aliphatic carbocycles. The van der Waals surface area contributed by atoms with Gasteiger partial charge in [-0.15, -0.1) is 23.4 Å². The van der Waals surface area contributed by atoms with Gasteiger partial charge in [-0.1, -0.05) is 0 Å². The highest BCUT2D eigenvalue weighted by atomic mass is 19.4. The van der Waals surface area contributed by atoms with Gasteiger partial charge < -0.3 is 14.5 Å². The highest BCUT2D eigenvalue weighted by Gasteiger charge is 2.72. The lowest BCUT2D eigenvalue weighted by molar-refractivity contribution is -0.352. The van der Waals surface area contributed by atoms with Crippen LogP contribution in [0.15, 0.2) is 4.42 Å². The second kappa shape index (κ2) is 7.54. The summed E-state index contributed by atoms with van der Waals surface area (Å²) in [5, 5.41) is 11.2. The van der Waals surface area contributed by atoms with Crippen molar-refractivity contribution in [1.82, 2.24) is 20.4 Å². The smallest absolute Gasteiger partial charge is 0.424 e. The molecule has 2 aliphatic heterocycles. The van der Waals surface area contributed by atoms with Gasteiger partial charge in [0.25, 0.3) is 0 Å². The van der Waals surface area contributed by atoms with Crippen LogP contribution in [-0.2, 0) is 19.7 Å². The van der Waals surface area contributed by atoms with Crippen molar-refractivity contribution in [2.24, 2.45) is 5.92 Å². The van der Waals surface area contributed by atoms with E-state index in [1.165, 1.54) is 4.90 Å². The zero-order valence-corrected chi connectivity index (χ0v) is 18.5. The number of fused-ring (bicyclic) bond motifs is 1. The van der Waals surface area contributed by atoms with E-state index in [0.717, 1.165) is 0 Å². The molecule has 6 fully saturated rings. The minimum atomic E-state index is -4.66. The molecule has 1 aromatic rings. The maximum Gasteiger partial charge on any atom is 0.522 e. The molecule has 194 valence electrons. The number of rotatable bonds is 6. The van der Waals surface area contributed by atoms with Gasteiger partial charge in [0, 0.05) is 30.5 Å². The van der Waals surface area contributed by atoms with Crippen molar-refractivity contribution in [2.75, 3.05) is 19.6 Å². The van der Waals surface area contributed by atoms with Crippen LogP contribution in [0.5, 0.6) is 0 Å². The van der Waals surface area contributed by atoms with E-state index in [1.54, 1.807) is 0 Å². The summed E-state index contributed by atoms with van der Waals surface area (Å²) in [5.41, 5.74) is -0.702. The summed E-state index contributed by atoms with van der Waals surface area (Å²) in [7, 11) is 0. The molecule has 1 aromatic heterocycles. The Hall–Kier alpha value is -1.93. The SMILES string of the molecule is O=C(NC12CC(c3nnc(C4CC(OC(F)(F)F)C4)o3)(C1)C2)[C@H]1C[C@@H]2CN(CC(F)(F)F)C[C@@H]2O1. The highest BCUT2D eigenvalue weighted by molar-refractivity contribution is 5.82. The standard InChI is InChI=1S/C21H24F6N4O4/c22-20(23,24)9-31-4-11-3-13(33-14(11)5-31)15(32)28-19-6-18(7-19,8-19)17-30-29-16(34-17)10-1-12(2-10)35-21(25,26)27/h10-14H,1-9H2,(H,28,32)/t10?,11-,12?,13-,14+,18?,19?/m1/s1. The van der Waals surface area contributed by atoms with Crippen LogP contribution in [0.4, 0.5) is 26.3 Å². The normalized spacial score (nSPS) is 40.6. The molecule has 2 saturated heterocycles. The van der Waals surface area contributed by atoms with E-state index in [0.29, 0.717) is 37.5 Å². The molecular formula is C21H24F6N4O4. The first-order valence-electron chi connectivity index (χ1n) is 11.7. The monoisotopic (exact) mass is 510 g/mol. The van der Waals surface area contributed by atoms with Crippen molar-refractivity contribution in [1.29, 1.82) is 0 Å². The maximum absolute atomic E-state index is 12.8. The molecule has 3 atom stereocenters. The number of nitrogens with zero attached hydrogens (tertiary/aromatic N) is 3. The Bertz CT molecular complexity index is 973. The van der Waals surface area contributed by atoms with Crippen LogP contribution in [0.3, 0.4) is 0 Å². The molecule has 35 heavy (non-hydrogen) atoms. The Morgan fingerprint density at radius 2 is 1.80 bits per heavy atom. The third kappa shape index (κ3) is 4.31. The molecule has 6 aliphatic rings. The first-order valence-corrected chi connectivity index (χ1v) is 11.7. The molecule has 4 saturated carbocycles. The minimum absolute atomic E-state index is 0.0862. The average Bonchev–Trinajstić information content (AvgIpc) is 3.32. The van der Waals surface area contributed by atoms with Crippen LogP contribution in [-0.4, -0.2) is 77.0 Å². The average molecular weight is 510 g/mol. The number of aromatic nitrogens is 2. The summed E-state index contributed by atoms with van der Waals surface area (Å²) >= 11 is 0. The van der Waals surface area contributed by atoms with Crippen LogP contribution < -0.4 is 5.32 Å². The first-order chi connectivity index (χ1) is 16.3.